The van der Waals surface area contributed by atoms with Crippen LogP contribution in [-0.4, -0.2) is 29.4 Å². The van der Waals surface area contributed by atoms with Gasteiger partial charge in [-0.1, -0.05) is 23.8 Å². The highest BCUT2D eigenvalue weighted by atomic mass is 32.2. The minimum Gasteiger partial charge on any atom is -0.464 e. The van der Waals surface area contributed by atoms with Gasteiger partial charge in [0.05, 0.1) is 11.7 Å². The third-order valence-corrected chi connectivity index (χ3v) is 3.57. The fourth-order valence-corrected chi connectivity index (χ4v) is 2.69. The van der Waals surface area contributed by atoms with Crippen LogP contribution in [0.4, 0.5) is 0 Å². The van der Waals surface area contributed by atoms with Gasteiger partial charge in [-0.25, -0.2) is 4.79 Å². The van der Waals surface area contributed by atoms with Crippen LogP contribution in [-0.2, 0) is 9.53 Å². The number of nitrogens with zero attached hydrogens (tertiary/aromatic N) is 1. The van der Waals surface area contributed by atoms with Gasteiger partial charge in [0.25, 0.3) is 0 Å². The number of ether oxygens (including phenoxy) is 1. The van der Waals surface area contributed by atoms with Crippen LogP contribution in [0.15, 0.2) is 29.3 Å². The largest absolute Gasteiger partial charge is 0.464 e. The highest BCUT2D eigenvalue weighted by molar-refractivity contribution is 8.14. The summed E-state index contributed by atoms with van der Waals surface area (Å²) in [5.74, 6) is 0.463. The summed E-state index contributed by atoms with van der Waals surface area (Å²) in [5, 5.41) is 0.937. The molecule has 1 aromatic carbocycles. The first kappa shape index (κ1) is 12.2. The first-order valence-electron chi connectivity index (χ1n) is 5.65. The fraction of sp³-hybridized carbons (Fsp3) is 0.385. The number of rotatable bonds is 3. The van der Waals surface area contributed by atoms with E-state index in [1.807, 2.05) is 32.0 Å². The van der Waals surface area contributed by atoms with Crippen LogP contribution >= 0.6 is 11.8 Å². The van der Waals surface area contributed by atoms with E-state index in [1.165, 1.54) is 5.56 Å². The zero-order chi connectivity index (χ0) is 12.3. The van der Waals surface area contributed by atoms with Crippen molar-refractivity contribution in [3.8, 4) is 0 Å². The molecule has 0 aliphatic carbocycles. The second-order valence-electron chi connectivity index (χ2n) is 3.88. The lowest BCUT2D eigenvalue weighted by atomic mass is 10.1. The van der Waals surface area contributed by atoms with Crippen LogP contribution in [0.3, 0.4) is 0 Å². The van der Waals surface area contributed by atoms with Gasteiger partial charge in [-0.2, -0.15) is 0 Å². The quantitative estimate of drug-likeness (QED) is 0.772. The Kier molecular flexibility index (Phi) is 3.84. The Morgan fingerprint density at radius 3 is 3.12 bits per heavy atom. The standard InChI is InChI=1S/C13H15NO2S/c1-3-16-13(15)11-8-17-12(14-11)10-6-4-5-9(2)7-10/h4-7,11H,3,8H2,1-2H3/t11-/m0/s1. The topological polar surface area (TPSA) is 38.7 Å². The molecule has 90 valence electrons. The molecule has 0 N–H and O–H groups in total. The average molecular weight is 249 g/mol. The van der Waals surface area contributed by atoms with Gasteiger partial charge in [-0.3, -0.25) is 4.99 Å². The van der Waals surface area contributed by atoms with Crippen LogP contribution in [0.5, 0.6) is 0 Å². The van der Waals surface area contributed by atoms with Crippen LogP contribution in [0.2, 0.25) is 0 Å². The van der Waals surface area contributed by atoms with Crippen LogP contribution in [0.1, 0.15) is 18.1 Å². The van der Waals surface area contributed by atoms with Crippen molar-refractivity contribution in [2.45, 2.75) is 19.9 Å². The molecular formula is C13H15NO2S. The number of carbonyl (C=O) groups is 1. The Bertz CT molecular complexity index is 456. The van der Waals surface area contributed by atoms with Crippen molar-refractivity contribution in [3.63, 3.8) is 0 Å². The Balaban J connectivity index is 2.14. The second kappa shape index (κ2) is 5.36. The maximum absolute atomic E-state index is 11.5. The van der Waals surface area contributed by atoms with Gasteiger partial charge < -0.3 is 4.74 Å². The molecule has 2 rings (SSSR count). The summed E-state index contributed by atoms with van der Waals surface area (Å²) in [7, 11) is 0. The van der Waals surface area contributed by atoms with E-state index in [4.69, 9.17) is 4.74 Å². The summed E-state index contributed by atoms with van der Waals surface area (Å²) in [6.45, 7) is 4.27. The number of esters is 1. The molecule has 3 nitrogen and oxygen atoms in total. The zero-order valence-electron chi connectivity index (χ0n) is 9.97. The summed E-state index contributed by atoms with van der Waals surface area (Å²) < 4.78 is 4.97. The highest BCUT2D eigenvalue weighted by Gasteiger charge is 2.26. The molecule has 1 aromatic rings. The summed E-state index contributed by atoms with van der Waals surface area (Å²) in [5.41, 5.74) is 2.28. The molecule has 1 aliphatic rings. The number of hydrogen-bond donors (Lipinski definition) is 0. The number of thioether (sulfide) groups is 1. The smallest absolute Gasteiger partial charge is 0.331 e. The van der Waals surface area contributed by atoms with Gasteiger partial charge in [0.2, 0.25) is 0 Å². The Hall–Kier alpha value is -1.29. The molecule has 1 aliphatic heterocycles. The van der Waals surface area contributed by atoms with Gasteiger partial charge in [-0.15, -0.1) is 11.8 Å². The van der Waals surface area contributed by atoms with E-state index < -0.39 is 0 Å². The Morgan fingerprint density at radius 2 is 2.41 bits per heavy atom. The molecule has 0 amide bonds. The summed E-state index contributed by atoms with van der Waals surface area (Å²) >= 11 is 1.62. The fourth-order valence-electron chi connectivity index (χ4n) is 1.67. The Labute approximate surface area is 105 Å². The maximum Gasteiger partial charge on any atom is 0.331 e. The predicted octanol–water partition coefficient (Wildman–Crippen LogP) is 2.42. The van der Waals surface area contributed by atoms with Crippen molar-refractivity contribution < 1.29 is 9.53 Å². The first-order chi connectivity index (χ1) is 8.20. The Morgan fingerprint density at radius 1 is 1.59 bits per heavy atom. The van der Waals surface area contributed by atoms with Crippen LogP contribution in [0.25, 0.3) is 0 Å². The first-order valence-corrected chi connectivity index (χ1v) is 6.63. The van der Waals surface area contributed by atoms with Crippen LogP contribution < -0.4 is 0 Å². The van der Waals surface area contributed by atoms with E-state index in [1.54, 1.807) is 11.8 Å². The van der Waals surface area contributed by atoms with E-state index in [0.717, 1.165) is 10.6 Å². The summed E-state index contributed by atoms with van der Waals surface area (Å²) in [4.78, 5) is 16.0. The number of benzene rings is 1. The van der Waals surface area contributed by atoms with Gasteiger partial charge in [0.1, 0.15) is 0 Å². The van der Waals surface area contributed by atoms with Crippen LogP contribution in [0, 0.1) is 6.92 Å². The van der Waals surface area contributed by atoms with Crippen molar-refractivity contribution in [3.05, 3.63) is 35.4 Å². The zero-order valence-corrected chi connectivity index (χ0v) is 10.8. The molecule has 0 spiro atoms. The summed E-state index contributed by atoms with van der Waals surface area (Å²) in [6, 6.07) is 7.82. The minimum atomic E-state index is -0.338. The van der Waals surface area contributed by atoms with E-state index in [0.29, 0.717) is 12.4 Å². The van der Waals surface area contributed by atoms with Gasteiger partial charge >= 0.3 is 5.97 Å². The van der Waals surface area contributed by atoms with Crippen molar-refractivity contribution in [1.29, 1.82) is 0 Å². The predicted molar refractivity (Wildman–Crippen MR) is 70.6 cm³/mol. The number of aryl methyl sites for hydroxylation is 1. The molecule has 0 radical (unpaired) electrons. The molecule has 0 bridgehead atoms. The molecule has 0 unspecified atom stereocenters. The van der Waals surface area contributed by atoms with E-state index >= 15 is 0 Å². The second-order valence-corrected chi connectivity index (χ2v) is 4.89. The van der Waals surface area contributed by atoms with E-state index in [9.17, 15) is 4.79 Å². The number of aliphatic imine (C=N–C) groups is 1. The molecule has 1 atom stereocenters. The van der Waals surface area contributed by atoms with E-state index in [2.05, 4.69) is 11.1 Å². The monoisotopic (exact) mass is 249 g/mol. The van der Waals surface area contributed by atoms with E-state index in [-0.39, 0.29) is 12.0 Å². The molecule has 0 fully saturated rings. The van der Waals surface area contributed by atoms with Crippen molar-refractivity contribution in [2.75, 3.05) is 12.4 Å². The molecule has 1 heterocycles. The number of hydrogen-bond acceptors (Lipinski definition) is 4. The lowest BCUT2D eigenvalue weighted by Crippen LogP contribution is -2.21. The molecule has 0 saturated heterocycles. The molecular weight excluding hydrogens is 234 g/mol. The maximum atomic E-state index is 11.5. The van der Waals surface area contributed by atoms with Gasteiger partial charge in [-0.05, 0) is 19.9 Å². The van der Waals surface area contributed by atoms with Crippen molar-refractivity contribution in [1.82, 2.24) is 0 Å². The molecule has 0 aromatic heterocycles. The van der Waals surface area contributed by atoms with Crippen molar-refractivity contribution >= 4 is 22.8 Å². The van der Waals surface area contributed by atoms with Gasteiger partial charge in [0, 0.05) is 11.3 Å². The minimum absolute atomic E-state index is 0.220. The average Bonchev–Trinajstić information content (AvgIpc) is 2.78. The highest BCUT2D eigenvalue weighted by Crippen LogP contribution is 2.24. The summed E-state index contributed by atoms with van der Waals surface area (Å²) in [6.07, 6.45) is 0. The molecule has 17 heavy (non-hydrogen) atoms. The number of carbonyl (C=O) groups excluding carboxylic acids is 1. The third-order valence-electron chi connectivity index (χ3n) is 2.47. The SMILES string of the molecule is CCOC(=O)[C@@H]1CSC(c2cccc(C)c2)=N1. The molecule has 4 heteroatoms. The third kappa shape index (κ3) is 2.88. The normalized spacial score (nSPS) is 18.9. The van der Waals surface area contributed by atoms with Gasteiger partial charge in [0.15, 0.2) is 6.04 Å². The lowest BCUT2D eigenvalue weighted by Gasteiger charge is -2.03. The lowest BCUT2D eigenvalue weighted by molar-refractivity contribution is -0.143. The molecule has 0 saturated carbocycles. The van der Waals surface area contributed by atoms with Crippen molar-refractivity contribution in [2.24, 2.45) is 4.99 Å².